The largest absolute Gasteiger partial charge is 0.399 e. The maximum absolute atomic E-state index is 11.2. The van der Waals surface area contributed by atoms with Crippen LogP contribution in [0.25, 0.3) is 0 Å². The van der Waals surface area contributed by atoms with E-state index in [4.69, 9.17) is 11.0 Å². The standard InChI is InChI=1S/C15H14N4O2/c1-10(11-5-7-13(17)8-6-11)18-14-4-2-3-12(9-16)15(14)19(20)21/h2-8,10,18H,17H2,1H3. The highest BCUT2D eigenvalue weighted by Gasteiger charge is 2.20. The molecule has 0 saturated carbocycles. The van der Waals surface area contributed by atoms with Gasteiger partial charge in [0.25, 0.3) is 0 Å². The zero-order valence-corrected chi connectivity index (χ0v) is 11.4. The average Bonchev–Trinajstić information content (AvgIpc) is 2.47. The van der Waals surface area contributed by atoms with E-state index in [0.717, 1.165) is 5.56 Å². The van der Waals surface area contributed by atoms with Crippen molar-refractivity contribution in [3.8, 4) is 6.07 Å². The summed E-state index contributed by atoms with van der Waals surface area (Å²) in [5.41, 5.74) is 7.39. The molecule has 0 bridgehead atoms. The summed E-state index contributed by atoms with van der Waals surface area (Å²) in [7, 11) is 0. The van der Waals surface area contributed by atoms with E-state index < -0.39 is 4.92 Å². The molecule has 2 aromatic rings. The lowest BCUT2D eigenvalue weighted by molar-refractivity contribution is -0.384. The van der Waals surface area contributed by atoms with Crippen LogP contribution < -0.4 is 11.1 Å². The highest BCUT2D eigenvalue weighted by molar-refractivity contribution is 5.69. The van der Waals surface area contributed by atoms with Crippen molar-refractivity contribution >= 4 is 17.1 Å². The van der Waals surface area contributed by atoms with Crippen LogP contribution in [0, 0.1) is 21.4 Å². The highest BCUT2D eigenvalue weighted by Crippen LogP contribution is 2.31. The lowest BCUT2D eigenvalue weighted by Crippen LogP contribution is -2.09. The van der Waals surface area contributed by atoms with Crippen molar-refractivity contribution in [2.45, 2.75) is 13.0 Å². The van der Waals surface area contributed by atoms with Gasteiger partial charge in [-0.2, -0.15) is 5.26 Å². The molecule has 1 atom stereocenters. The van der Waals surface area contributed by atoms with Crippen molar-refractivity contribution in [1.82, 2.24) is 0 Å². The molecule has 0 spiro atoms. The molecule has 0 fully saturated rings. The number of hydrogen-bond acceptors (Lipinski definition) is 5. The van der Waals surface area contributed by atoms with Crippen LogP contribution in [0.15, 0.2) is 42.5 Å². The van der Waals surface area contributed by atoms with Gasteiger partial charge in [0.2, 0.25) is 0 Å². The number of nitro groups is 1. The molecule has 0 heterocycles. The summed E-state index contributed by atoms with van der Waals surface area (Å²) in [5.74, 6) is 0. The van der Waals surface area contributed by atoms with E-state index in [1.807, 2.05) is 25.1 Å². The summed E-state index contributed by atoms with van der Waals surface area (Å²) in [5, 5.41) is 23.2. The number of hydrogen-bond donors (Lipinski definition) is 2. The number of nitrogens with one attached hydrogen (secondary N) is 1. The fourth-order valence-electron chi connectivity index (χ4n) is 2.05. The number of para-hydroxylation sites is 1. The van der Waals surface area contributed by atoms with Crippen LogP contribution >= 0.6 is 0 Å². The molecule has 0 radical (unpaired) electrons. The Kier molecular flexibility index (Phi) is 4.05. The maximum Gasteiger partial charge on any atom is 0.309 e. The smallest absolute Gasteiger partial charge is 0.309 e. The molecule has 0 aliphatic heterocycles. The summed E-state index contributed by atoms with van der Waals surface area (Å²) in [6.07, 6.45) is 0. The van der Waals surface area contributed by atoms with Gasteiger partial charge in [0.15, 0.2) is 0 Å². The Bertz CT molecular complexity index is 705. The molecule has 106 valence electrons. The second kappa shape index (κ2) is 5.92. The first-order valence-electron chi connectivity index (χ1n) is 6.32. The molecule has 0 aliphatic carbocycles. The molecule has 6 nitrogen and oxygen atoms in total. The Morgan fingerprint density at radius 3 is 2.52 bits per heavy atom. The van der Waals surface area contributed by atoms with Gasteiger partial charge in [-0.15, -0.1) is 0 Å². The lowest BCUT2D eigenvalue weighted by atomic mass is 10.1. The third-order valence-corrected chi connectivity index (χ3v) is 3.15. The number of anilines is 2. The summed E-state index contributed by atoms with van der Waals surface area (Å²) in [6, 6.07) is 13.6. The van der Waals surface area contributed by atoms with Gasteiger partial charge in [-0.3, -0.25) is 10.1 Å². The zero-order valence-electron chi connectivity index (χ0n) is 11.4. The van der Waals surface area contributed by atoms with Gasteiger partial charge in [-0.05, 0) is 36.8 Å². The Hall–Kier alpha value is -3.07. The maximum atomic E-state index is 11.2. The van der Waals surface area contributed by atoms with Crippen molar-refractivity contribution in [1.29, 1.82) is 5.26 Å². The normalized spacial score (nSPS) is 11.4. The fourth-order valence-corrected chi connectivity index (χ4v) is 2.05. The number of nitriles is 1. The molecule has 0 saturated heterocycles. The van der Waals surface area contributed by atoms with Gasteiger partial charge in [-0.25, -0.2) is 0 Å². The molecule has 1 unspecified atom stereocenters. The number of benzene rings is 2. The highest BCUT2D eigenvalue weighted by atomic mass is 16.6. The van der Waals surface area contributed by atoms with Crippen LogP contribution in [0.3, 0.4) is 0 Å². The van der Waals surface area contributed by atoms with Crippen LogP contribution in [-0.4, -0.2) is 4.92 Å². The van der Waals surface area contributed by atoms with Crippen molar-refractivity contribution in [2.75, 3.05) is 11.1 Å². The fraction of sp³-hybridized carbons (Fsp3) is 0.133. The van der Waals surface area contributed by atoms with Crippen LogP contribution in [0.2, 0.25) is 0 Å². The number of nitro benzene ring substituents is 1. The van der Waals surface area contributed by atoms with Crippen molar-refractivity contribution in [2.24, 2.45) is 0 Å². The van der Waals surface area contributed by atoms with E-state index in [9.17, 15) is 10.1 Å². The van der Waals surface area contributed by atoms with Crippen molar-refractivity contribution in [3.63, 3.8) is 0 Å². The molecule has 2 rings (SSSR count). The van der Waals surface area contributed by atoms with Crippen LogP contribution in [-0.2, 0) is 0 Å². The molecule has 0 amide bonds. The summed E-state index contributed by atoms with van der Waals surface area (Å²) >= 11 is 0. The third-order valence-electron chi connectivity index (χ3n) is 3.15. The second-order valence-electron chi connectivity index (χ2n) is 4.60. The minimum atomic E-state index is -0.545. The third kappa shape index (κ3) is 3.09. The van der Waals surface area contributed by atoms with E-state index in [0.29, 0.717) is 11.4 Å². The first-order valence-corrected chi connectivity index (χ1v) is 6.32. The van der Waals surface area contributed by atoms with Crippen LogP contribution in [0.4, 0.5) is 17.1 Å². The average molecular weight is 282 g/mol. The molecule has 3 N–H and O–H groups in total. The SMILES string of the molecule is CC(Nc1cccc(C#N)c1[N+](=O)[O-])c1ccc(N)cc1. The monoisotopic (exact) mass is 282 g/mol. The predicted molar refractivity (Wildman–Crippen MR) is 80.7 cm³/mol. The number of nitrogens with two attached hydrogens (primary N) is 1. The van der Waals surface area contributed by atoms with Gasteiger partial charge < -0.3 is 11.1 Å². The van der Waals surface area contributed by atoms with Crippen molar-refractivity contribution in [3.05, 3.63) is 63.7 Å². The van der Waals surface area contributed by atoms with E-state index in [-0.39, 0.29) is 17.3 Å². The van der Waals surface area contributed by atoms with Gasteiger partial charge >= 0.3 is 5.69 Å². The Morgan fingerprint density at radius 2 is 1.95 bits per heavy atom. The lowest BCUT2D eigenvalue weighted by Gasteiger charge is -2.16. The molecule has 0 aliphatic rings. The summed E-state index contributed by atoms with van der Waals surface area (Å²) in [4.78, 5) is 10.6. The zero-order chi connectivity index (χ0) is 15.4. The minimum absolute atomic E-state index is 0.0366. The minimum Gasteiger partial charge on any atom is -0.399 e. The molecular weight excluding hydrogens is 268 g/mol. The predicted octanol–water partition coefficient (Wildman–Crippen LogP) is 3.22. The van der Waals surface area contributed by atoms with E-state index in [2.05, 4.69) is 5.32 Å². The molecule has 0 aromatic heterocycles. The Morgan fingerprint density at radius 1 is 1.29 bits per heavy atom. The number of nitrogen functional groups attached to an aromatic ring is 1. The van der Waals surface area contributed by atoms with Crippen LogP contribution in [0.1, 0.15) is 24.1 Å². The topological polar surface area (TPSA) is 105 Å². The molecule has 21 heavy (non-hydrogen) atoms. The number of nitrogens with zero attached hydrogens (tertiary/aromatic N) is 2. The van der Waals surface area contributed by atoms with Gasteiger partial charge in [0.05, 0.1) is 4.92 Å². The van der Waals surface area contributed by atoms with E-state index in [1.165, 1.54) is 6.07 Å². The van der Waals surface area contributed by atoms with Crippen molar-refractivity contribution < 1.29 is 4.92 Å². The molecule has 6 heteroatoms. The molecule has 2 aromatic carbocycles. The van der Waals surface area contributed by atoms with E-state index >= 15 is 0 Å². The van der Waals surface area contributed by atoms with E-state index in [1.54, 1.807) is 24.3 Å². The van der Waals surface area contributed by atoms with Gasteiger partial charge in [-0.1, -0.05) is 18.2 Å². The van der Waals surface area contributed by atoms with Gasteiger partial charge in [0.1, 0.15) is 17.3 Å². The summed E-state index contributed by atoms with van der Waals surface area (Å²) < 4.78 is 0. The first kappa shape index (κ1) is 14.3. The second-order valence-corrected chi connectivity index (χ2v) is 4.60. The quantitative estimate of drug-likeness (QED) is 0.509. The number of rotatable bonds is 4. The van der Waals surface area contributed by atoms with Gasteiger partial charge in [0, 0.05) is 11.7 Å². The first-order chi connectivity index (χ1) is 10.0. The summed E-state index contributed by atoms with van der Waals surface area (Å²) in [6.45, 7) is 1.88. The Labute approximate surface area is 122 Å². The van der Waals surface area contributed by atoms with Crippen LogP contribution in [0.5, 0.6) is 0 Å². The molecular formula is C15H14N4O2. The Balaban J connectivity index is 2.33.